The van der Waals surface area contributed by atoms with E-state index in [0.717, 1.165) is 40.4 Å². The number of carboxylic acid groups (broad SMARTS) is 2. The summed E-state index contributed by atoms with van der Waals surface area (Å²) in [5.74, 6) is -8.37. The van der Waals surface area contributed by atoms with Crippen molar-refractivity contribution in [1.82, 2.24) is 35.3 Å². The summed E-state index contributed by atoms with van der Waals surface area (Å²) in [6.07, 6.45) is 3.12. The molecule has 4 rings (SSSR count). The molecule has 1 unspecified atom stereocenters. The van der Waals surface area contributed by atoms with Gasteiger partial charge in [-0.2, -0.15) is 0 Å². The minimum absolute atomic E-state index is 0.0115. The monoisotopic (exact) mass is 1130 g/mol. The highest BCUT2D eigenvalue weighted by atomic mass is 32.2. The fourth-order valence-electron chi connectivity index (χ4n) is 9.09. The zero-order chi connectivity index (χ0) is 58.7. The number of benzene rings is 2. The SMILES string of the molecule is CC(C)[C@H](NC(=O)CCCCCN1C(=O)CC(SC[C@H](N)C(=O)O)C1=O)C(=O)C[C@@H](C)C(=O)N[C@@H](CCCCNC(=O)[C@@H](N)CCN(C(=O)CO)[C@@H](c1nc(-c2cc(F)ccc2F)cn1Cc1ccccc1)C(C)(C)C)C(=O)O. The number of thioether (sulfide) groups is 1. The number of aromatic nitrogens is 2. The topological polar surface area (TPSA) is 327 Å². The van der Waals surface area contributed by atoms with Gasteiger partial charge in [0.25, 0.3) is 0 Å². The molecule has 0 bridgehead atoms. The Morgan fingerprint density at radius 3 is 2.20 bits per heavy atom. The Balaban J connectivity index is 1.24. The number of ketones is 1. The van der Waals surface area contributed by atoms with E-state index >= 15 is 4.39 Å². The summed E-state index contributed by atoms with van der Waals surface area (Å²) < 4.78 is 31.3. The van der Waals surface area contributed by atoms with Crippen molar-refractivity contribution in [2.75, 3.05) is 32.0 Å². The van der Waals surface area contributed by atoms with E-state index < -0.39 is 112 Å². The molecule has 6 amide bonds. The highest BCUT2D eigenvalue weighted by Gasteiger charge is 2.40. The number of halogens is 2. The molecule has 1 saturated heterocycles. The number of nitrogens with two attached hydrogens (primary N) is 2. The summed E-state index contributed by atoms with van der Waals surface area (Å²) in [4.78, 5) is 122. The molecular formula is C55H77F2N9O12S. The van der Waals surface area contributed by atoms with Crippen LogP contribution in [0.15, 0.2) is 54.7 Å². The maximum atomic E-state index is 15.1. The molecule has 0 saturated carbocycles. The molecule has 1 fully saturated rings. The molecule has 79 heavy (non-hydrogen) atoms. The molecular weight excluding hydrogens is 1050 g/mol. The van der Waals surface area contributed by atoms with Crippen LogP contribution in [0.1, 0.15) is 123 Å². The lowest BCUT2D eigenvalue weighted by Gasteiger charge is -2.40. The number of Topliss-reactive ketones (excluding diaryl/α,β-unsaturated/α-hetero) is 1. The van der Waals surface area contributed by atoms with Crippen LogP contribution in [0.4, 0.5) is 8.78 Å². The molecule has 434 valence electrons. The van der Waals surface area contributed by atoms with Crippen molar-refractivity contribution in [3.63, 3.8) is 0 Å². The molecule has 24 heteroatoms. The van der Waals surface area contributed by atoms with Gasteiger partial charge >= 0.3 is 11.9 Å². The normalized spacial score (nSPS) is 15.9. The Kier molecular flexibility index (Phi) is 25.2. The molecule has 0 spiro atoms. The second-order valence-electron chi connectivity index (χ2n) is 21.3. The maximum Gasteiger partial charge on any atom is 0.326 e. The first-order valence-electron chi connectivity index (χ1n) is 26.5. The summed E-state index contributed by atoms with van der Waals surface area (Å²) in [5.41, 5.74) is 12.0. The average Bonchev–Trinajstić information content (AvgIpc) is 3.95. The Morgan fingerprint density at radius 2 is 1.57 bits per heavy atom. The van der Waals surface area contributed by atoms with Crippen LogP contribution >= 0.6 is 11.8 Å². The Morgan fingerprint density at radius 1 is 0.873 bits per heavy atom. The molecule has 1 aromatic heterocycles. The number of nitrogens with zero attached hydrogens (tertiary/aromatic N) is 4. The number of carbonyl (C=O) groups excluding carboxylic acids is 7. The maximum absolute atomic E-state index is 15.1. The van der Waals surface area contributed by atoms with Crippen LogP contribution in [0.3, 0.4) is 0 Å². The quantitative estimate of drug-likeness (QED) is 0.0316. The van der Waals surface area contributed by atoms with E-state index in [1.54, 1.807) is 24.6 Å². The number of imide groups is 1. The van der Waals surface area contributed by atoms with E-state index in [-0.39, 0.29) is 93.5 Å². The van der Waals surface area contributed by atoms with Crippen LogP contribution in [0, 0.1) is 28.9 Å². The predicted molar refractivity (Wildman–Crippen MR) is 290 cm³/mol. The number of hydrogen-bond donors (Lipinski definition) is 8. The molecule has 1 aliphatic heterocycles. The molecule has 10 N–H and O–H groups in total. The molecule has 1 aliphatic rings. The van der Waals surface area contributed by atoms with Gasteiger partial charge in [0.2, 0.25) is 35.4 Å². The van der Waals surface area contributed by atoms with E-state index in [9.17, 15) is 57.8 Å². The summed E-state index contributed by atoms with van der Waals surface area (Å²) in [5, 5.41) is 36.3. The summed E-state index contributed by atoms with van der Waals surface area (Å²) in [7, 11) is 0. The Bertz CT molecular complexity index is 2620. The first kappa shape index (κ1) is 64.9. The van der Waals surface area contributed by atoms with Crippen LogP contribution in [0.25, 0.3) is 11.3 Å². The van der Waals surface area contributed by atoms with Crippen molar-refractivity contribution in [3.05, 3.63) is 77.8 Å². The molecule has 0 aliphatic carbocycles. The zero-order valence-electron chi connectivity index (χ0n) is 45.8. The van der Waals surface area contributed by atoms with Crippen LogP contribution < -0.4 is 27.4 Å². The van der Waals surface area contributed by atoms with E-state index in [1.807, 2.05) is 51.1 Å². The molecule has 7 atom stereocenters. The third kappa shape index (κ3) is 19.6. The summed E-state index contributed by atoms with van der Waals surface area (Å²) in [6.45, 7) is 10.0. The van der Waals surface area contributed by atoms with Gasteiger partial charge in [-0.15, -0.1) is 11.8 Å². The predicted octanol–water partition coefficient (Wildman–Crippen LogP) is 3.93. The number of rotatable bonds is 33. The number of hydrogen-bond acceptors (Lipinski definition) is 14. The van der Waals surface area contributed by atoms with Gasteiger partial charge in [0, 0.05) is 68.9 Å². The highest BCUT2D eigenvalue weighted by Crippen LogP contribution is 2.40. The molecule has 2 aromatic carbocycles. The number of amides is 6. The minimum atomic E-state index is -1.31. The summed E-state index contributed by atoms with van der Waals surface area (Å²) >= 11 is 1.03. The lowest BCUT2D eigenvalue weighted by Crippen LogP contribution is -2.48. The third-order valence-electron chi connectivity index (χ3n) is 13.5. The lowest BCUT2D eigenvalue weighted by atomic mass is 9.84. The largest absolute Gasteiger partial charge is 0.480 e. The van der Waals surface area contributed by atoms with Gasteiger partial charge in [0.15, 0.2) is 5.78 Å². The van der Waals surface area contributed by atoms with E-state index in [0.29, 0.717) is 31.5 Å². The molecule has 0 radical (unpaired) electrons. The second-order valence-corrected chi connectivity index (χ2v) is 22.6. The highest BCUT2D eigenvalue weighted by molar-refractivity contribution is 8.00. The van der Waals surface area contributed by atoms with Crippen molar-refractivity contribution >= 4 is 64.9 Å². The van der Waals surface area contributed by atoms with Crippen molar-refractivity contribution in [1.29, 1.82) is 0 Å². The van der Waals surface area contributed by atoms with Gasteiger partial charge in [-0.25, -0.2) is 18.6 Å². The smallest absolute Gasteiger partial charge is 0.326 e. The number of aliphatic hydroxyl groups is 1. The van der Waals surface area contributed by atoms with E-state index in [2.05, 4.69) is 16.0 Å². The number of carbonyl (C=O) groups is 9. The van der Waals surface area contributed by atoms with E-state index in [4.69, 9.17) is 21.6 Å². The molecule has 2 heterocycles. The van der Waals surface area contributed by atoms with Crippen LogP contribution in [-0.4, -0.2) is 149 Å². The van der Waals surface area contributed by atoms with Crippen molar-refractivity contribution < 1.29 is 67.3 Å². The van der Waals surface area contributed by atoms with Gasteiger partial charge in [-0.3, -0.25) is 43.3 Å². The minimum Gasteiger partial charge on any atom is -0.480 e. The third-order valence-corrected chi connectivity index (χ3v) is 14.8. The zero-order valence-corrected chi connectivity index (χ0v) is 46.6. The Hall–Kier alpha value is -6.63. The number of unbranched alkanes of at least 4 members (excludes halogenated alkanes) is 3. The first-order chi connectivity index (χ1) is 37.2. The number of aliphatic hydroxyl groups excluding tert-OH is 1. The van der Waals surface area contributed by atoms with E-state index in [1.165, 1.54) is 11.8 Å². The second kappa shape index (κ2) is 30.7. The standard InChI is InChI=1S/C55H77F2N9O12S/c1-32(2)47(63-44(69)18-11-8-14-23-66-45(70)27-43(52(66)74)79-31-39(59)53(75)76)42(68)25-33(3)50(72)62-40(54(77)78)17-12-13-22-60-51(73)38(58)21-24-65(46(71)30-67)48(55(4,5)6)49-61-41(36-26-35(56)19-20-37(36)57)29-64(49)28-34-15-9-7-10-16-34/h7,9-10,15-16,19-20,26,29,32-33,38-40,43,47-48,67H,8,11-14,17-18,21-25,27-28,30-31,58-59H2,1-6H3,(H,60,73)(H,62,72)(H,63,69)(H,75,76)(H,77,78)/t33-,38+,39+,40+,43?,47+,48+/m1/s1. The lowest BCUT2D eigenvalue weighted by molar-refractivity contribution is -0.143. The number of carboxylic acids is 2. The van der Waals surface area contributed by atoms with Gasteiger partial charge < -0.3 is 52.2 Å². The number of nitrogens with one attached hydrogen (secondary N) is 3. The van der Waals surface area contributed by atoms with Crippen LogP contribution in [0.2, 0.25) is 0 Å². The molecule has 3 aromatic rings. The number of imidazole rings is 1. The van der Waals surface area contributed by atoms with Crippen LogP contribution in [0.5, 0.6) is 0 Å². The molecule has 21 nitrogen and oxygen atoms in total. The van der Waals surface area contributed by atoms with Gasteiger partial charge in [-0.1, -0.05) is 78.3 Å². The van der Waals surface area contributed by atoms with Gasteiger partial charge in [0.1, 0.15) is 36.1 Å². The number of likely N-dealkylation sites (tertiary alicyclic amines) is 1. The van der Waals surface area contributed by atoms with Gasteiger partial charge in [-0.05, 0) is 73.6 Å². The van der Waals surface area contributed by atoms with Crippen molar-refractivity contribution in [3.8, 4) is 11.3 Å². The van der Waals surface area contributed by atoms with Gasteiger partial charge in [0.05, 0.1) is 29.1 Å². The fourth-order valence-corrected chi connectivity index (χ4v) is 10.2. The number of aliphatic carboxylic acids is 2. The first-order valence-corrected chi connectivity index (χ1v) is 27.6. The average molecular weight is 1130 g/mol. The van der Waals surface area contributed by atoms with Crippen molar-refractivity contribution in [2.45, 2.75) is 148 Å². The fraction of sp³-hybridized carbons (Fsp3) is 0.564. The van der Waals surface area contributed by atoms with Crippen LogP contribution in [-0.2, 0) is 49.7 Å². The van der Waals surface area contributed by atoms with Crippen molar-refractivity contribution in [2.24, 2.45) is 28.7 Å². The Labute approximate surface area is 463 Å². The summed E-state index contributed by atoms with van der Waals surface area (Å²) in [6, 6.07) is 6.95.